The maximum atomic E-state index is 13.8. The van der Waals surface area contributed by atoms with E-state index in [0.717, 1.165) is 5.56 Å². The third-order valence-corrected chi connectivity index (χ3v) is 8.42. The Morgan fingerprint density at radius 1 is 1.05 bits per heavy atom. The molecular weight excluding hydrogens is 530 g/mol. The maximum Gasteiger partial charge on any atom is 0.310 e. The van der Waals surface area contributed by atoms with E-state index in [2.05, 4.69) is 10.0 Å². The summed E-state index contributed by atoms with van der Waals surface area (Å²) in [6.07, 6.45) is 1.39. The van der Waals surface area contributed by atoms with Gasteiger partial charge in [-0.1, -0.05) is 36.4 Å². The number of sulfonamides is 1. The normalized spacial score (nSPS) is 16.2. The Morgan fingerprint density at radius 3 is 2.55 bits per heavy atom. The van der Waals surface area contributed by atoms with Crippen molar-refractivity contribution < 1.29 is 27.5 Å². The molecule has 2 N–H and O–H groups in total. The minimum atomic E-state index is -4.05. The van der Waals surface area contributed by atoms with E-state index in [1.165, 1.54) is 13.2 Å². The van der Waals surface area contributed by atoms with Crippen molar-refractivity contribution in [3.05, 3.63) is 83.9 Å². The van der Waals surface area contributed by atoms with Crippen molar-refractivity contribution in [2.24, 2.45) is 5.92 Å². The molecule has 0 bridgehead atoms. The highest BCUT2D eigenvalue weighted by Gasteiger charge is 2.31. The highest BCUT2D eigenvalue weighted by Crippen LogP contribution is 2.33. The van der Waals surface area contributed by atoms with Gasteiger partial charge in [-0.05, 0) is 68.7 Å². The van der Waals surface area contributed by atoms with Crippen LogP contribution in [0.3, 0.4) is 0 Å². The SMILES string of the molecule is CCOC(=O)[C@@H]1CCCN(c2ccc(NC(=O)c3cccc(OC)c3)cc2S(=O)(=O)N[C@H](C)c2ccccc2)C1. The van der Waals surface area contributed by atoms with Crippen LogP contribution in [0.25, 0.3) is 0 Å². The molecule has 1 saturated heterocycles. The fraction of sp³-hybridized carbons (Fsp3) is 0.333. The lowest BCUT2D eigenvalue weighted by Gasteiger charge is -2.34. The number of nitrogens with zero attached hydrogens (tertiary/aromatic N) is 1. The highest BCUT2D eigenvalue weighted by atomic mass is 32.2. The fourth-order valence-electron chi connectivity index (χ4n) is 4.79. The summed E-state index contributed by atoms with van der Waals surface area (Å²) in [6.45, 7) is 4.76. The molecular formula is C30H35N3O6S. The molecule has 0 aromatic heterocycles. The smallest absolute Gasteiger partial charge is 0.310 e. The molecule has 212 valence electrons. The van der Waals surface area contributed by atoms with Crippen molar-refractivity contribution in [2.45, 2.75) is 37.6 Å². The summed E-state index contributed by atoms with van der Waals surface area (Å²) < 4.78 is 40.9. The summed E-state index contributed by atoms with van der Waals surface area (Å²) in [5.74, 6) is -0.505. The number of hydrogen-bond donors (Lipinski definition) is 2. The Labute approximate surface area is 235 Å². The van der Waals surface area contributed by atoms with Crippen LogP contribution in [0.4, 0.5) is 11.4 Å². The number of amides is 1. The molecule has 1 heterocycles. The van der Waals surface area contributed by atoms with Gasteiger partial charge < -0.3 is 19.7 Å². The largest absolute Gasteiger partial charge is 0.497 e. The van der Waals surface area contributed by atoms with Gasteiger partial charge in [0.25, 0.3) is 5.91 Å². The number of carbonyl (C=O) groups is 2. The molecule has 3 aromatic rings. The predicted molar refractivity (Wildman–Crippen MR) is 154 cm³/mol. The second-order valence-corrected chi connectivity index (χ2v) is 11.3. The Hall–Kier alpha value is -3.89. The van der Waals surface area contributed by atoms with Crippen LogP contribution in [0.2, 0.25) is 0 Å². The number of nitrogens with one attached hydrogen (secondary N) is 2. The van der Waals surface area contributed by atoms with Crippen molar-refractivity contribution >= 4 is 33.3 Å². The van der Waals surface area contributed by atoms with Crippen LogP contribution in [-0.2, 0) is 19.6 Å². The van der Waals surface area contributed by atoms with Crippen molar-refractivity contribution in [2.75, 3.05) is 37.0 Å². The van der Waals surface area contributed by atoms with Gasteiger partial charge in [0.05, 0.1) is 25.3 Å². The number of benzene rings is 3. The summed E-state index contributed by atoms with van der Waals surface area (Å²) in [4.78, 5) is 27.4. The zero-order chi connectivity index (χ0) is 28.7. The molecule has 1 fully saturated rings. The average molecular weight is 566 g/mol. The van der Waals surface area contributed by atoms with Gasteiger partial charge in [-0.3, -0.25) is 9.59 Å². The number of esters is 1. The van der Waals surface area contributed by atoms with Gasteiger partial charge in [0, 0.05) is 30.4 Å². The van der Waals surface area contributed by atoms with Gasteiger partial charge in [-0.25, -0.2) is 13.1 Å². The number of carbonyl (C=O) groups excluding carboxylic acids is 2. The first-order valence-corrected chi connectivity index (χ1v) is 14.8. The van der Waals surface area contributed by atoms with Crippen molar-refractivity contribution in [3.63, 3.8) is 0 Å². The lowest BCUT2D eigenvalue weighted by molar-refractivity contribution is -0.148. The molecule has 1 aliphatic heterocycles. The van der Waals surface area contributed by atoms with E-state index < -0.39 is 22.0 Å². The van der Waals surface area contributed by atoms with E-state index in [0.29, 0.717) is 48.6 Å². The van der Waals surface area contributed by atoms with Crippen molar-refractivity contribution in [1.29, 1.82) is 0 Å². The van der Waals surface area contributed by atoms with Gasteiger partial charge in [-0.15, -0.1) is 0 Å². The number of hydrogen-bond acceptors (Lipinski definition) is 7. The first-order valence-electron chi connectivity index (χ1n) is 13.3. The second-order valence-electron chi connectivity index (χ2n) is 9.66. The average Bonchev–Trinajstić information content (AvgIpc) is 2.97. The number of ether oxygens (including phenoxy) is 2. The van der Waals surface area contributed by atoms with Crippen molar-refractivity contribution in [3.8, 4) is 5.75 Å². The van der Waals surface area contributed by atoms with Gasteiger partial charge in [0.1, 0.15) is 10.6 Å². The quantitative estimate of drug-likeness (QED) is 0.341. The molecule has 0 aliphatic carbocycles. The molecule has 10 heteroatoms. The van der Waals surface area contributed by atoms with Gasteiger partial charge in [0.2, 0.25) is 10.0 Å². The molecule has 0 radical (unpaired) electrons. The van der Waals surface area contributed by atoms with E-state index in [-0.39, 0.29) is 23.4 Å². The minimum absolute atomic E-state index is 0.0169. The third kappa shape index (κ3) is 7.00. The number of piperidine rings is 1. The molecule has 4 rings (SSSR count). The van der Waals surface area contributed by atoms with Crippen LogP contribution < -0.4 is 19.7 Å². The molecule has 1 aliphatic rings. The first-order chi connectivity index (χ1) is 19.2. The number of methoxy groups -OCH3 is 1. The Kier molecular flexibility index (Phi) is 9.44. The van der Waals surface area contributed by atoms with Crippen LogP contribution in [0.15, 0.2) is 77.7 Å². The summed E-state index contributed by atoms with van der Waals surface area (Å²) in [5, 5.41) is 2.80. The molecule has 0 saturated carbocycles. The zero-order valence-corrected chi connectivity index (χ0v) is 23.7. The summed E-state index contributed by atoms with van der Waals surface area (Å²) in [6, 6.07) is 20.3. The molecule has 0 unspecified atom stereocenters. The van der Waals surface area contributed by atoms with Gasteiger partial charge in [0.15, 0.2) is 0 Å². The topological polar surface area (TPSA) is 114 Å². The van der Waals surface area contributed by atoms with Gasteiger partial charge >= 0.3 is 5.97 Å². The third-order valence-electron chi connectivity index (χ3n) is 6.85. The van der Waals surface area contributed by atoms with Crippen molar-refractivity contribution in [1.82, 2.24) is 4.72 Å². The lowest BCUT2D eigenvalue weighted by atomic mass is 9.97. The maximum absolute atomic E-state index is 13.8. The molecule has 1 amide bonds. The number of rotatable bonds is 10. The van der Waals surface area contributed by atoms with E-state index >= 15 is 0 Å². The van der Waals surface area contributed by atoms with Crippen LogP contribution in [0, 0.1) is 5.92 Å². The zero-order valence-electron chi connectivity index (χ0n) is 22.9. The fourth-order valence-corrected chi connectivity index (χ4v) is 6.27. The molecule has 2 atom stereocenters. The predicted octanol–water partition coefficient (Wildman–Crippen LogP) is 4.77. The summed E-state index contributed by atoms with van der Waals surface area (Å²) in [5.41, 5.74) is 1.97. The van der Waals surface area contributed by atoms with Crippen LogP contribution in [0.1, 0.15) is 48.7 Å². The Morgan fingerprint density at radius 2 is 1.82 bits per heavy atom. The van der Waals surface area contributed by atoms with E-state index in [1.807, 2.05) is 35.2 Å². The summed E-state index contributed by atoms with van der Waals surface area (Å²) in [7, 11) is -2.53. The lowest BCUT2D eigenvalue weighted by Crippen LogP contribution is -2.40. The first kappa shape index (κ1) is 29.1. The molecule has 40 heavy (non-hydrogen) atoms. The Bertz CT molecular complexity index is 1440. The van der Waals surface area contributed by atoms with Crippen LogP contribution in [-0.4, -0.2) is 47.1 Å². The van der Waals surface area contributed by atoms with E-state index in [9.17, 15) is 18.0 Å². The highest BCUT2D eigenvalue weighted by molar-refractivity contribution is 7.89. The Balaban J connectivity index is 1.68. The van der Waals surface area contributed by atoms with E-state index in [1.54, 1.807) is 50.2 Å². The monoisotopic (exact) mass is 565 g/mol. The second kappa shape index (κ2) is 13.0. The molecule has 3 aromatic carbocycles. The minimum Gasteiger partial charge on any atom is -0.497 e. The molecule has 9 nitrogen and oxygen atoms in total. The summed E-state index contributed by atoms with van der Waals surface area (Å²) >= 11 is 0. The van der Waals surface area contributed by atoms with Crippen LogP contribution >= 0.6 is 0 Å². The molecule has 0 spiro atoms. The van der Waals surface area contributed by atoms with Crippen LogP contribution in [0.5, 0.6) is 5.75 Å². The number of anilines is 2. The van der Waals surface area contributed by atoms with E-state index in [4.69, 9.17) is 9.47 Å². The van der Waals surface area contributed by atoms with Gasteiger partial charge in [-0.2, -0.15) is 0 Å². The standard InChI is InChI=1S/C30H35N3O6S/c1-4-39-30(35)24-13-9-17-33(20-24)27-16-15-25(31-29(34)23-12-8-14-26(18-23)38-3)19-28(27)40(36,37)32-21(2)22-10-6-5-7-11-22/h5-8,10-12,14-16,18-19,21,24,32H,4,9,13,17,20H2,1-3H3,(H,31,34)/t21-,24-/m1/s1.